The minimum Gasteiger partial charge on any atom is -0.495 e. The van der Waals surface area contributed by atoms with E-state index in [1.165, 1.54) is 0 Å². The van der Waals surface area contributed by atoms with Gasteiger partial charge in [-0.15, -0.1) is 0 Å². The van der Waals surface area contributed by atoms with E-state index in [0.717, 1.165) is 29.8 Å². The second kappa shape index (κ2) is 5.07. The van der Waals surface area contributed by atoms with Crippen molar-refractivity contribution in [2.75, 3.05) is 18.6 Å². The maximum absolute atomic E-state index is 12.2. The Labute approximate surface area is 113 Å². The number of aromatic nitrogens is 1. The number of fused-ring (bicyclic) bond motifs is 1. The summed E-state index contributed by atoms with van der Waals surface area (Å²) in [4.78, 5) is 18.0. The Morgan fingerprint density at radius 3 is 2.74 bits per heavy atom. The van der Waals surface area contributed by atoms with Crippen molar-refractivity contribution in [2.45, 2.75) is 39.2 Å². The summed E-state index contributed by atoms with van der Waals surface area (Å²) >= 11 is 0. The Bertz CT molecular complexity index is 480. The van der Waals surface area contributed by atoms with Gasteiger partial charge in [-0.2, -0.15) is 0 Å². The van der Waals surface area contributed by atoms with Gasteiger partial charge < -0.3 is 9.47 Å². The highest BCUT2D eigenvalue weighted by atomic mass is 16.6. The smallest absolute Gasteiger partial charge is 0.414 e. The number of rotatable bonds is 1. The van der Waals surface area contributed by atoms with Crippen LogP contribution in [-0.4, -0.2) is 30.3 Å². The van der Waals surface area contributed by atoms with E-state index >= 15 is 0 Å². The lowest BCUT2D eigenvalue weighted by atomic mass is 10.0. The maximum Gasteiger partial charge on any atom is 0.414 e. The molecule has 1 aliphatic rings. The molecule has 0 aliphatic carbocycles. The molecule has 0 atom stereocenters. The van der Waals surface area contributed by atoms with Crippen molar-refractivity contribution in [3.05, 3.63) is 18.0 Å². The number of methoxy groups -OCH3 is 1. The van der Waals surface area contributed by atoms with Gasteiger partial charge >= 0.3 is 6.09 Å². The number of hydrogen-bond acceptors (Lipinski definition) is 4. The highest BCUT2D eigenvalue weighted by Gasteiger charge is 2.28. The SMILES string of the molecule is COc1cncc2c1CCCN2C(=O)OC(C)(C)C. The number of ether oxygens (including phenoxy) is 2. The van der Waals surface area contributed by atoms with Crippen LogP contribution >= 0.6 is 0 Å². The lowest BCUT2D eigenvalue weighted by Crippen LogP contribution is -2.40. The summed E-state index contributed by atoms with van der Waals surface area (Å²) in [6.45, 7) is 6.23. The fraction of sp³-hybridized carbons (Fsp3) is 0.571. The minimum atomic E-state index is -0.499. The van der Waals surface area contributed by atoms with Crippen LogP contribution in [-0.2, 0) is 11.2 Å². The number of amides is 1. The molecule has 104 valence electrons. The monoisotopic (exact) mass is 264 g/mol. The van der Waals surface area contributed by atoms with Gasteiger partial charge in [-0.1, -0.05) is 0 Å². The topological polar surface area (TPSA) is 51.7 Å². The standard InChI is InChI=1S/C14H20N2O3/c1-14(2,3)19-13(17)16-7-5-6-10-11(16)8-15-9-12(10)18-4/h8-9H,5-7H2,1-4H3. The predicted octanol–water partition coefficient (Wildman–Crippen LogP) is 2.78. The molecule has 0 fully saturated rings. The van der Waals surface area contributed by atoms with Crippen LogP contribution in [0.3, 0.4) is 0 Å². The van der Waals surface area contributed by atoms with E-state index in [9.17, 15) is 4.79 Å². The molecular weight excluding hydrogens is 244 g/mol. The molecule has 0 saturated heterocycles. The zero-order valence-corrected chi connectivity index (χ0v) is 11.9. The Kier molecular flexibility index (Phi) is 3.64. The molecule has 0 radical (unpaired) electrons. The van der Waals surface area contributed by atoms with Gasteiger partial charge in [0.25, 0.3) is 0 Å². The molecule has 5 heteroatoms. The molecule has 0 spiro atoms. The first-order valence-corrected chi connectivity index (χ1v) is 6.44. The van der Waals surface area contributed by atoms with E-state index in [4.69, 9.17) is 9.47 Å². The average Bonchev–Trinajstić information content (AvgIpc) is 2.35. The van der Waals surface area contributed by atoms with Crippen molar-refractivity contribution < 1.29 is 14.3 Å². The van der Waals surface area contributed by atoms with E-state index in [0.29, 0.717) is 6.54 Å². The third-order valence-corrected chi connectivity index (χ3v) is 2.93. The van der Waals surface area contributed by atoms with Crippen LogP contribution in [0, 0.1) is 0 Å². The molecule has 1 amide bonds. The molecule has 0 aromatic carbocycles. The van der Waals surface area contributed by atoms with Crippen molar-refractivity contribution in [3.63, 3.8) is 0 Å². The Morgan fingerprint density at radius 1 is 1.37 bits per heavy atom. The molecule has 19 heavy (non-hydrogen) atoms. The Morgan fingerprint density at radius 2 is 2.11 bits per heavy atom. The molecule has 2 heterocycles. The van der Waals surface area contributed by atoms with Gasteiger partial charge in [0.05, 0.1) is 25.2 Å². The molecule has 0 bridgehead atoms. The predicted molar refractivity (Wildman–Crippen MR) is 72.7 cm³/mol. The third kappa shape index (κ3) is 2.97. The molecule has 5 nitrogen and oxygen atoms in total. The van der Waals surface area contributed by atoms with Crippen molar-refractivity contribution in [1.29, 1.82) is 0 Å². The third-order valence-electron chi connectivity index (χ3n) is 2.93. The number of hydrogen-bond donors (Lipinski definition) is 0. The van der Waals surface area contributed by atoms with Crippen LogP contribution in [0.15, 0.2) is 12.4 Å². The largest absolute Gasteiger partial charge is 0.495 e. The van der Waals surface area contributed by atoms with Crippen LogP contribution < -0.4 is 9.64 Å². The van der Waals surface area contributed by atoms with E-state index in [1.807, 2.05) is 20.8 Å². The lowest BCUT2D eigenvalue weighted by molar-refractivity contribution is 0.0577. The number of carbonyl (C=O) groups excluding carboxylic acids is 1. The Hall–Kier alpha value is -1.78. The second-order valence-corrected chi connectivity index (χ2v) is 5.57. The van der Waals surface area contributed by atoms with Crippen LogP contribution in [0.5, 0.6) is 5.75 Å². The van der Waals surface area contributed by atoms with Gasteiger partial charge in [0.2, 0.25) is 0 Å². The zero-order chi connectivity index (χ0) is 14.0. The fourth-order valence-electron chi connectivity index (χ4n) is 2.16. The second-order valence-electron chi connectivity index (χ2n) is 5.57. The maximum atomic E-state index is 12.2. The van der Waals surface area contributed by atoms with E-state index < -0.39 is 5.60 Å². The van der Waals surface area contributed by atoms with E-state index in [1.54, 1.807) is 24.4 Å². The van der Waals surface area contributed by atoms with Gasteiger partial charge in [0.15, 0.2) is 0 Å². The van der Waals surface area contributed by atoms with E-state index in [2.05, 4.69) is 4.98 Å². The van der Waals surface area contributed by atoms with Crippen molar-refractivity contribution >= 4 is 11.8 Å². The summed E-state index contributed by atoms with van der Waals surface area (Å²) in [5.41, 5.74) is 1.32. The Balaban J connectivity index is 2.30. The number of carbonyl (C=O) groups is 1. The first-order chi connectivity index (χ1) is 8.92. The summed E-state index contributed by atoms with van der Waals surface area (Å²) in [6, 6.07) is 0. The molecule has 0 saturated carbocycles. The van der Waals surface area contributed by atoms with Crippen molar-refractivity contribution in [3.8, 4) is 5.75 Å². The quantitative estimate of drug-likeness (QED) is 0.782. The summed E-state index contributed by atoms with van der Waals surface area (Å²) in [7, 11) is 1.61. The highest BCUT2D eigenvalue weighted by molar-refractivity contribution is 5.89. The summed E-state index contributed by atoms with van der Waals surface area (Å²) in [6.07, 6.45) is 4.83. The van der Waals surface area contributed by atoms with Crippen molar-refractivity contribution in [2.24, 2.45) is 0 Å². The number of nitrogens with zero attached hydrogens (tertiary/aromatic N) is 2. The van der Waals surface area contributed by atoms with Crippen molar-refractivity contribution in [1.82, 2.24) is 4.98 Å². The van der Waals surface area contributed by atoms with Gasteiger partial charge in [-0.25, -0.2) is 4.79 Å². The van der Waals surface area contributed by atoms with Crippen LogP contribution in [0.4, 0.5) is 10.5 Å². The van der Waals surface area contributed by atoms with Gasteiger partial charge in [0, 0.05) is 12.1 Å². The minimum absolute atomic E-state index is 0.330. The van der Waals surface area contributed by atoms with Crippen LogP contribution in [0.2, 0.25) is 0 Å². The molecule has 1 aliphatic heterocycles. The molecule has 1 aromatic heterocycles. The van der Waals surface area contributed by atoms with Gasteiger partial charge in [-0.05, 0) is 33.6 Å². The fourth-order valence-corrected chi connectivity index (χ4v) is 2.16. The summed E-state index contributed by atoms with van der Waals surface area (Å²) in [5, 5.41) is 0. The van der Waals surface area contributed by atoms with Crippen LogP contribution in [0.1, 0.15) is 32.8 Å². The molecule has 2 rings (SSSR count). The molecule has 1 aromatic rings. The lowest BCUT2D eigenvalue weighted by Gasteiger charge is -2.31. The molecule has 0 N–H and O–H groups in total. The first kappa shape index (κ1) is 13.6. The number of anilines is 1. The number of pyridine rings is 1. The normalized spacial score (nSPS) is 14.8. The summed E-state index contributed by atoms with van der Waals surface area (Å²) in [5.74, 6) is 0.728. The van der Waals surface area contributed by atoms with E-state index in [-0.39, 0.29) is 6.09 Å². The molecular formula is C14H20N2O3. The van der Waals surface area contributed by atoms with Crippen LogP contribution in [0.25, 0.3) is 0 Å². The first-order valence-electron chi connectivity index (χ1n) is 6.44. The van der Waals surface area contributed by atoms with Gasteiger partial charge in [-0.3, -0.25) is 9.88 Å². The summed E-state index contributed by atoms with van der Waals surface area (Å²) < 4.78 is 10.7. The highest BCUT2D eigenvalue weighted by Crippen LogP contribution is 2.33. The average molecular weight is 264 g/mol. The zero-order valence-electron chi connectivity index (χ0n) is 11.9. The van der Waals surface area contributed by atoms with Gasteiger partial charge in [0.1, 0.15) is 11.4 Å². The molecule has 0 unspecified atom stereocenters.